The first kappa shape index (κ1) is 11.2. The van der Waals surface area contributed by atoms with Gasteiger partial charge in [-0.15, -0.1) is 0 Å². The standard InChI is InChI=1S/C13H23NO/c1-4-11(2)12-9-13(10-14(12)3)7-5-6-8-15-13/h5-6,11-12H,4,7-10H2,1-3H3. The lowest BCUT2D eigenvalue weighted by Crippen LogP contribution is -2.36. The third-order valence-corrected chi connectivity index (χ3v) is 4.13. The second-order valence-electron chi connectivity index (χ2n) is 5.24. The van der Waals surface area contributed by atoms with E-state index in [1.165, 1.54) is 12.8 Å². The van der Waals surface area contributed by atoms with E-state index in [1.54, 1.807) is 0 Å². The fourth-order valence-electron chi connectivity index (χ4n) is 2.98. The molecule has 3 atom stereocenters. The summed E-state index contributed by atoms with van der Waals surface area (Å²) < 4.78 is 5.99. The molecule has 0 aliphatic carbocycles. The molecule has 2 heterocycles. The van der Waals surface area contributed by atoms with Crippen molar-refractivity contribution in [3.63, 3.8) is 0 Å². The lowest BCUT2D eigenvalue weighted by molar-refractivity contribution is -0.0269. The summed E-state index contributed by atoms with van der Waals surface area (Å²) >= 11 is 0. The summed E-state index contributed by atoms with van der Waals surface area (Å²) in [5.41, 5.74) is 0.137. The number of hydrogen-bond acceptors (Lipinski definition) is 2. The highest BCUT2D eigenvalue weighted by Gasteiger charge is 2.44. The van der Waals surface area contributed by atoms with Crippen LogP contribution in [0, 0.1) is 5.92 Å². The Hall–Kier alpha value is -0.340. The van der Waals surface area contributed by atoms with Gasteiger partial charge in [0.25, 0.3) is 0 Å². The molecule has 2 heteroatoms. The van der Waals surface area contributed by atoms with Crippen LogP contribution in [0.15, 0.2) is 12.2 Å². The monoisotopic (exact) mass is 209 g/mol. The van der Waals surface area contributed by atoms with Gasteiger partial charge in [0.2, 0.25) is 0 Å². The number of hydrogen-bond donors (Lipinski definition) is 0. The molecule has 15 heavy (non-hydrogen) atoms. The molecule has 0 aromatic carbocycles. The highest BCUT2D eigenvalue weighted by Crippen LogP contribution is 2.37. The highest BCUT2D eigenvalue weighted by molar-refractivity contribution is 5.05. The zero-order valence-electron chi connectivity index (χ0n) is 10.2. The molecule has 3 unspecified atom stereocenters. The molecule has 2 aliphatic rings. The van der Waals surface area contributed by atoms with Crippen molar-refractivity contribution < 1.29 is 4.74 Å². The Kier molecular flexibility index (Phi) is 3.17. The van der Waals surface area contributed by atoms with Crippen LogP contribution in [0.5, 0.6) is 0 Å². The van der Waals surface area contributed by atoms with Crippen molar-refractivity contribution >= 4 is 0 Å². The van der Waals surface area contributed by atoms with Gasteiger partial charge < -0.3 is 9.64 Å². The summed E-state index contributed by atoms with van der Waals surface area (Å²) in [4.78, 5) is 2.49. The van der Waals surface area contributed by atoms with Crippen LogP contribution in [0.1, 0.15) is 33.1 Å². The quantitative estimate of drug-likeness (QED) is 0.648. The van der Waals surface area contributed by atoms with Crippen molar-refractivity contribution in [1.82, 2.24) is 4.90 Å². The highest BCUT2D eigenvalue weighted by atomic mass is 16.5. The van der Waals surface area contributed by atoms with Crippen molar-refractivity contribution in [3.8, 4) is 0 Å². The van der Waals surface area contributed by atoms with Gasteiger partial charge in [0.1, 0.15) is 0 Å². The molecule has 0 saturated carbocycles. The topological polar surface area (TPSA) is 12.5 Å². The van der Waals surface area contributed by atoms with E-state index in [-0.39, 0.29) is 5.60 Å². The number of nitrogens with zero attached hydrogens (tertiary/aromatic N) is 1. The van der Waals surface area contributed by atoms with E-state index in [1.807, 2.05) is 0 Å². The molecule has 2 aliphatic heterocycles. The molecule has 1 saturated heterocycles. The minimum Gasteiger partial charge on any atom is -0.369 e. The fraction of sp³-hybridized carbons (Fsp3) is 0.846. The van der Waals surface area contributed by atoms with Crippen LogP contribution >= 0.6 is 0 Å². The average molecular weight is 209 g/mol. The molecule has 0 N–H and O–H groups in total. The Balaban J connectivity index is 2.05. The average Bonchev–Trinajstić information content (AvgIpc) is 2.55. The minimum atomic E-state index is 0.137. The smallest absolute Gasteiger partial charge is 0.0862 e. The minimum absolute atomic E-state index is 0.137. The van der Waals surface area contributed by atoms with E-state index < -0.39 is 0 Å². The Bertz CT molecular complexity index is 251. The predicted octanol–water partition coefficient (Wildman–Crippen LogP) is 2.45. The van der Waals surface area contributed by atoms with E-state index in [9.17, 15) is 0 Å². The second-order valence-corrected chi connectivity index (χ2v) is 5.24. The van der Waals surface area contributed by atoms with Crippen molar-refractivity contribution in [3.05, 3.63) is 12.2 Å². The van der Waals surface area contributed by atoms with Crippen LogP contribution in [-0.2, 0) is 4.74 Å². The number of ether oxygens (including phenoxy) is 1. The van der Waals surface area contributed by atoms with E-state index in [0.29, 0.717) is 6.04 Å². The molecule has 0 bridgehead atoms. The van der Waals surface area contributed by atoms with Gasteiger partial charge in [-0.25, -0.2) is 0 Å². The molecule has 0 aromatic rings. The van der Waals surface area contributed by atoms with Crippen LogP contribution in [-0.4, -0.2) is 36.7 Å². The Labute approximate surface area is 93.3 Å². The molecule has 1 fully saturated rings. The molecule has 86 valence electrons. The van der Waals surface area contributed by atoms with Gasteiger partial charge in [-0.3, -0.25) is 0 Å². The van der Waals surface area contributed by atoms with Crippen LogP contribution < -0.4 is 0 Å². The van der Waals surface area contributed by atoms with Gasteiger partial charge >= 0.3 is 0 Å². The molecule has 2 rings (SSSR count). The molecule has 0 amide bonds. The molecular formula is C13H23NO. The fourth-order valence-corrected chi connectivity index (χ4v) is 2.98. The Morgan fingerprint density at radius 1 is 1.53 bits per heavy atom. The number of likely N-dealkylation sites (N-methyl/N-ethyl adjacent to an activating group) is 1. The lowest BCUT2D eigenvalue weighted by Gasteiger charge is -2.30. The number of likely N-dealkylation sites (tertiary alicyclic amines) is 1. The summed E-state index contributed by atoms with van der Waals surface area (Å²) in [6.45, 7) is 6.55. The maximum Gasteiger partial charge on any atom is 0.0862 e. The molecule has 0 radical (unpaired) electrons. The third-order valence-electron chi connectivity index (χ3n) is 4.13. The van der Waals surface area contributed by atoms with Crippen molar-refractivity contribution in [2.24, 2.45) is 5.92 Å². The van der Waals surface area contributed by atoms with E-state index in [2.05, 4.69) is 37.9 Å². The van der Waals surface area contributed by atoms with E-state index in [0.717, 1.165) is 25.5 Å². The maximum absolute atomic E-state index is 5.99. The first-order chi connectivity index (χ1) is 7.17. The summed E-state index contributed by atoms with van der Waals surface area (Å²) in [5.74, 6) is 0.781. The lowest BCUT2D eigenvalue weighted by atomic mass is 9.89. The zero-order chi connectivity index (χ0) is 10.9. The summed E-state index contributed by atoms with van der Waals surface area (Å²) in [6, 6.07) is 0.710. The van der Waals surface area contributed by atoms with Gasteiger partial charge in [0, 0.05) is 12.6 Å². The second kappa shape index (κ2) is 4.26. The maximum atomic E-state index is 5.99. The van der Waals surface area contributed by atoms with Crippen LogP contribution in [0.4, 0.5) is 0 Å². The predicted molar refractivity (Wildman–Crippen MR) is 62.9 cm³/mol. The zero-order valence-corrected chi connectivity index (χ0v) is 10.2. The molecule has 1 spiro atoms. The first-order valence-electron chi connectivity index (χ1n) is 6.16. The summed E-state index contributed by atoms with van der Waals surface area (Å²) in [7, 11) is 2.24. The molecule has 2 nitrogen and oxygen atoms in total. The van der Waals surface area contributed by atoms with E-state index >= 15 is 0 Å². The van der Waals surface area contributed by atoms with Crippen LogP contribution in [0.2, 0.25) is 0 Å². The summed E-state index contributed by atoms with van der Waals surface area (Å²) in [5, 5.41) is 0. The van der Waals surface area contributed by atoms with Crippen LogP contribution in [0.25, 0.3) is 0 Å². The SMILES string of the molecule is CCC(C)C1CC2(CC=CCO2)CN1C. The van der Waals surface area contributed by atoms with Gasteiger partial charge in [0.05, 0.1) is 12.2 Å². The largest absolute Gasteiger partial charge is 0.369 e. The summed E-state index contributed by atoms with van der Waals surface area (Å²) in [6.07, 6.45) is 8.01. The van der Waals surface area contributed by atoms with E-state index in [4.69, 9.17) is 4.74 Å². The first-order valence-corrected chi connectivity index (χ1v) is 6.16. The third kappa shape index (κ3) is 2.11. The van der Waals surface area contributed by atoms with Crippen molar-refractivity contribution in [2.45, 2.75) is 44.8 Å². The number of rotatable bonds is 2. The van der Waals surface area contributed by atoms with Gasteiger partial charge in [-0.2, -0.15) is 0 Å². The van der Waals surface area contributed by atoms with Crippen molar-refractivity contribution in [2.75, 3.05) is 20.2 Å². The molecular weight excluding hydrogens is 186 g/mol. The van der Waals surface area contributed by atoms with Crippen molar-refractivity contribution in [1.29, 1.82) is 0 Å². The van der Waals surface area contributed by atoms with Crippen LogP contribution in [0.3, 0.4) is 0 Å². The van der Waals surface area contributed by atoms with Gasteiger partial charge in [0.15, 0.2) is 0 Å². The Morgan fingerprint density at radius 2 is 2.33 bits per heavy atom. The normalized spacial score (nSPS) is 38.7. The van der Waals surface area contributed by atoms with Gasteiger partial charge in [-0.1, -0.05) is 32.4 Å². The molecule has 0 aromatic heterocycles. The van der Waals surface area contributed by atoms with Gasteiger partial charge in [-0.05, 0) is 25.8 Å². The Morgan fingerprint density at radius 3 is 2.93 bits per heavy atom.